The van der Waals surface area contributed by atoms with E-state index < -0.39 is 8.03 Å². The van der Waals surface area contributed by atoms with Crippen molar-refractivity contribution in [3.63, 3.8) is 0 Å². The third-order valence-electron chi connectivity index (χ3n) is 5.66. The number of rotatable bonds is 1. The first-order chi connectivity index (χ1) is 11.9. The van der Waals surface area contributed by atoms with Crippen LogP contribution < -0.4 is 9.83 Å². The van der Waals surface area contributed by atoms with E-state index in [9.17, 15) is 4.57 Å². The molecule has 132 valence electrons. The highest BCUT2D eigenvalue weighted by Gasteiger charge is 2.30. The molecule has 1 fully saturated rings. The highest BCUT2D eigenvalue weighted by molar-refractivity contribution is 7.49. The Morgan fingerprint density at radius 2 is 1.72 bits per heavy atom. The van der Waals surface area contributed by atoms with Crippen LogP contribution in [0, 0.1) is 0 Å². The van der Waals surface area contributed by atoms with Gasteiger partial charge < -0.3 is 4.52 Å². The third kappa shape index (κ3) is 3.06. The van der Waals surface area contributed by atoms with Crippen LogP contribution in [0.5, 0.6) is 5.75 Å². The summed E-state index contributed by atoms with van der Waals surface area (Å²) in [6, 6.07) is 12.6. The average Bonchev–Trinajstić information content (AvgIpc) is 2.61. The van der Waals surface area contributed by atoms with Gasteiger partial charge in [0.1, 0.15) is 5.75 Å². The van der Waals surface area contributed by atoms with Gasteiger partial charge in [0.05, 0.1) is 5.30 Å². The minimum atomic E-state index is -2.22. The molecule has 2 nitrogen and oxygen atoms in total. The van der Waals surface area contributed by atoms with Crippen molar-refractivity contribution in [3.8, 4) is 16.9 Å². The fourth-order valence-electron chi connectivity index (χ4n) is 4.16. The third-order valence-corrected chi connectivity index (χ3v) is 6.93. The number of hydrogen-bond acceptors (Lipinski definition) is 2. The van der Waals surface area contributed by atoms with Gasteiger partial charge >= 0.3 is 0 Å². The van der Waals surface area contributed by atoms with E-state index in [1.165, 1.54) is 43.2 Å². The molecule has 3 heteroatoms. The molecule has 4 rings (SSSR count). The second kappa shape index (κ2) is 6.32. The first kappa shape index (κ1) is 16.9. The van der Waals surface area contributed by atoms with Crippen molar-refractivity contribution in [2.24, 2.45) is 0 Å². The predicted molar refractivity (Wildman–Crippen MR) is 106 cm³/mol. The van der Waals surface area contributed by atoms with Crippen LogP contribution in [0.4, 0.5) is 0 Å². The monoisotopic (exact) mass is 354 g/mol. The molecule has 0 radical (unpaired) electrons. The van der Waals surface area contributed by atoms with E-state index >= 15 is 0 Å². The summed E-state index contributed by atoms with van der Waals surface area (Å²) in [5.41, 5.74) is 4.93. The molecular weight excluding hydrogens is 327 g/mol. The minimum Gasteiger partial charge on any atom is -0.441 e. The maximum absolute atomic E-state index is 12.7. The topological polar surface area (TPSA) is 26.3 Å². The van der Waals surface area contributed by atoms with E-state index in [-0.39, 0.29) is 5.41 Å². The fourth-order valence-corrected chi connectivity index (χ4v) is 5.35. The highest BCUT2D eigenvalue weighted by atomic mass is 31.1. The number of hydrogen-bond donors (Lipinski definition) is 0. The number of benzene rings is 2. The molecule has 0 N–H and O–H groups in total. The Kier molecular flexibility index (Phi) is 4.28. The molecule has 2 aromatic rings. The molecule has 1 unspecified atom stereocenters. The van der Waals surface area contributed by atoms with Crippen molar-refractivity contribution in [2.75, 3.05) is 0 Å². The Hall–Kier alpha value is -1.53. The second-order valence-corrected chi connectivity index (χ2v) is 9.78. The van der Waals surface area contributed by atoms with Gasteiger partial charge in [-0.05, 0) is 53.0 Å². The van der Waals surface area contributed by atoms with Crippen LogP contribution in [0.15, 0.2) is 36.4 Å². The second-order valence-electron chi connectivity index (χ2n) is 8.46. The first-order valence-electron chi connectivity index (χ1n) is 9.45. The zero-order valence-electron chi connectivity index (χ0n) is 15.4. The van der Waals surface area contributed by atoms with E-state index in [1.807, 2.05) is 18.2 Å². The van der Waals surface area contributed by atoms with Crippen LogP contribution in [0.25, 0.3) is 11.1 Å². The Balaban J connectivity index is 1.95. The van der Waals surface area contributed by atoms with Crippen LogP contribution in [-0.4, -0.2) is 0 Å². The smallest absolute Gasteiger partial charge is 0.266 e. The summed E-state index contributed by atoms with van der Waals surface area (Å²) in [5, 5.41) is 0.862. The molecule has 1 heterocycles. The predicted octanol–water partition coefficient (Wildman–Crippen LogP) is 6.19. The van der Waals surface area contributed by atoms with Gasteiger partial charge in [0, 0.05) is 5.56 Å². The standard InChI is InChI=1S/C22H27O2P/c1-22(2,3)16-13-18(15-9-5-4-6-10-15)21-19(14-16)17-11-7-8-12-20(17)25(23)24-21/h7-8,11-15,25H,4-6,9-10H2,1-3H3. The quantitative estimate of drug-likeness (QED) is 0.571. The molecule has 0 spiro atoms. The Morgan fingerprint density at radius 3 is 2.44 bits per heavy atom. The average molecular weight is 354 g/mol. The highest BCUT2D eigenvalue weighted by Crippen LogP contribution is 2.50. The van der Waals surface area contributed by atoms with Crippen molar-refractivity contribution >= 4 is 13.3 Å². The van der Waals surface area contributed by atoms with Crippen LogP contribution in [-0.2, 0) is 9.98 Å². The fraction of sp³-hybridized carbons (Fsp3) is 0.455. The summed E-state index contributed by atoms with van der Waals surface area (Å²) in [7, 11) is -2.22. The van der Waals surface area contributed by atoms with Crippen LogP contribution in [0.2, 0.25) is 0 Å². The SMILES string of the molecule is CC(C)(C)c1cc2c(c(C3CCCCC3)c1)O[PH](=O)c1ccccc1-2. The van der Waals surface area contributed by atoms with Gasteiger partial charge in [-0.25, -0.2) is 0 Å². The Labute approximate surface area is 151 Å². The van der Waals surface area contributed by atoms with Gasteiger partial charge in [-0.3, -0.25) is 4.57 Å². The summed E-state index contributed by atoms with van der Waals surface area (Å²) >= 11 is 0. The lowest BCUT2D eigenvalue weighted by atomic mass is 9.78. The molecule has 0 bridgehead atoms. The first-order valence-corrected chi connectivity index (χ1v) is 10.8. The normalized spacial score (nSPS) is 20.5. The molecule has 1 aliphatic heterocycles. The van der Waals surface area contributed by atoms with Gasteiger partial charge in [-0.15, -0.1) is 0 Å². The zero-order valence-corrected chi connectivity index (χ0v) is 16.4. The molecule has 2 aliphatic rings. The maximum atomic E-state index is 12.7. The molecule has 0 amide bonds. The van der Waals surface area contributed by atoms with Gasteiger partial charge in [0.2, 0.25) is 0 Å². The van der Waals surface area contributed by atoms with Crippen LogP contribution in [0.3, 0.4) is 0 Å². The molecule has 1 atom stereocenters. The Morgan fingerprint density at radius 1 is 1.00 bits per heavy atom. The molecular formula is C22H27O2P. The van der Waals surface area contributed by atoms with Crippen molar-refractivity contribution in [1.29, 1.82) is 0 Å². The van der Waals surface area contributed by atoms with Gasteiger partial charge in [0.25, 0.3) is 8.03 Å². The van der Waals surface area contributed by atoms with Gasteiger partial charge in [0.15, 0.2) is 0 Å². The number of fused-ring (bicyclic) bond motifs is 3. The minimum absolute atomic E-state index is 0.0794. The molecule has 25 heavy (non-hydrogen) atoms. The van der Waals surface area contributed by atoms with Crippen molar-refractivity contribution in [1.82, 2.24) is 0 Å². The largest absolute Gasteiger partial charge is 0.441 e. The van der Waals surface area contributed by atoms with Crippen molar-refractivity contribution in [3.05, 3.63) is 47.5 Å². The molecule has 0 aromatic heterocycles. The van der Waals surface area contributed by atoms with Gasteiger partial charge in [-0.1, -0.05) is 64.3 Å². The van der Waals surface area contributed by atoms with E-state index in [0.717, 1.165) is 22.2 Å². The summed E-state index contributed by atoms with van der Waals surface area (Å²) in [4.78, 5) is 0. The molecule has 2 aromatic carbocycles. The van der Waals surface area contributed by atoms with E-state index in [1.54, 1.807) is 0 Å². The molecule has 0 saturated heterocycles. The lowest BCUT2D eigenvalue weighted by Gasteiger charge is -2.31. The summed E-state index contributed by atoms with van der Waals surface area (Å²) in [6.07, 6.45) is 6.33. The van der Waals surface area contributed by atoms with E-state index in [0.29, 0.717) is 5.92 Å². The van der Waals surface area contributed by atoms with Crippen molar-refractivity contribution < 1.29 is 9.09 Å². The van der Waals surface area contributed by atoms with Crippen LogP contribution in [0.1, 0.15) is 69.9 Å². The van der Waals surface area contributed by atoms with Crippen LogP contribution >= 0.6 is 8.03 Å². The van der Waals surface area contributed by atoms with E-state index in [2.05, 4.69) is 39.0 Å². The van der Waals surface area contributed by atoms with Crippen molar-refractivity contribution in [2.45, 2.75) is 64.2 Å². The maximum Gasteiger partial charge on any atom is 0.266 e. The van der Waals surface area contributed by atoms with E-state index in [4.69, 9.17) is 4.52 Å². The summed E-state index contributed by atoms with van der Waals surface area (Å²) < 4.78 is 18.8. The lowest BCUT2D eigenvalue weighted by Crippen LogP contribution is -2.17. The molecule has 1 aliphatic carbocycles. The summed E-state index contributed by atoms with van der Waals surface area (Å²) in [5.74, 6) is 1.42. The zero-order chi connectivity index (χ0) is 17.6. The lowest BCUT2D eigenvalue weighted by molar-refractivity contribution is 0.431. The molecule has 1 saturated carbocycles. The Bertz CT molecular complexity index is 826. The van der Waals surface area contributed by atoms with Gasteiger partial charge in [-0.2, -0.15) is 0 Å². The summed E-state index contributed by atoms with van der Waals surface area (Å²) in [6.45, 7) is 6.79.